The first-order valence-corrected chi connectivity index (χ1v) is 6.44. The summed E-state index contributed by atoms with van der Waals surface area (Å²) in [6.45, 7) is 3.84. The smallest absolute Gasteiger partial charge is 0.129 e. The van der Waals surface area contributed by atoms with E-state index in [1.54, 1.807) is 18.2 Å². The summed E-state index contributed by atoms with van der Waals surface area (Å²) < 4.78 is 13.8. The molecule has 1 aromatic heterocycles. The van der Waals surface area contributed by atoms with Gasteiger partial charge in [0.05, 0.1) is 0 Å². The second kappa shape index (κ2) is 4.59. The first-order valence-electron chi connectivity index (χ1n) is 5.62. The van der Waals surface area contributed by atoms with Gasteiger partial charge in [0.1, 0.15) is 11.4 Å². The Bertz CT molecular complexity index is 520. The van der Waals surface area contributed by atoms with Crippen molar-refractivity contribution in [1.82, 2.24) is 0 Å². The Balaban J connectivity index is 2.55. The highest BCUT2D eigenvalue weighted by Gasteiger charge is 2.33. The Labute approximate surface area is 105 Å². The number of aryl methyl sites for hydroxylation is 1. The summed E-state index contributed by atoms with van der Waals surface area (Å²) in [7, 11) is 0. The van der Waals surface area contributed by atoms with Crippen molar-refractivity contribution in [3.63, 3.8) is 0 Å². The molecule has 1 unspecified atom stereocenters. The maximum atomic E-state index is 13.8. The highest BCUT2D eigenvalue weighted by molar-refractivity contribution is 7.12. The maximum Gasteiger partial charge on any atom is 0.129 e. The topological polar surface area (TPSA) is 20.2 Å². The molecular formula is C14H15FOS. The van der Waals surface area contributed by atoms with Gasteiger partial charge in [-0.3, -0.25) is 0 Å². The van der Waals surface area contributed by atoms with Crippen LogP contribution in [0.3, 0.4) is 0 Å². The molecule has 1 atom stereocenters. The Morgan fingerprint density at radius 2 is 1.94 bits per heavy atom. The van der Waals surface area contributed by atoms with Crippen molar-refractivity contribution >= 4 is 11.3 Å². The zero-order chi connectivity index (χ0) is 12.5. The van der Waals surface area contributed by atoms with Crippen LogP contribution >= 0.6 is 11.3 Å². The number of hydrogen-bond donors (Lipinski definition) is 1. The molecule has 0 spiro atoms. The van der Waals surface area contributed by atoms with E-state index < -0.39 is 5.60 Å². The molecule has 0 radical (unpaired) electrons. The van der Waals surface area contributed by atoms with Crippen LogP contribution in [0.5, 0.6) is 0 Å². The predicted octanol–water partition coefficient (Wildman–Crippen LogP) is 3.84. The van der Waals surface area contributed by atoms with E-state index in [2.05, 4.69) is 0 Å². The Kier molecular flexibility index (Phi) is 3.31. The molecule has 1 aromatic carbocycles. The Morgan fingerprint density at radius 3 is 2.47 bits per heavy atom. The molecule has 17 heavy (non-hydrogen) atoms. The van der Waals surface area contributed by atoms with Gasteiger partial charge in [-0.25, -0.2) is 4.39 Å². The third kappa shape index (κ3) is 2.13. The molecule has 2 rings (SSSR count). The minimum atomic E-state index is -1.22. The van der Waals surface area contributed by atoms with E-state index in [9.17, 15) is 9.50 Å². The molecule has 1 N–H and O–H groups in total. The highest BCUT2D eigenvalue weighted by Crippen LogP contribution is 2.37. The normalized spacial score (nSPS) is 14.6. The average Bonchev–Trinajstić information content (AvgIpc) is 2.76. The van der Waals surface area contributed by atoms with Crippen LogP contribution in [0, 0.1) is 12.7 Å². The van der Waals surface area contributed by atoms with Crippen molar-refractivity contribution in [1.29, 1.82) is 0 Å². The van der Waals surface area contributed by atoms with Gasteiger partial charge in [0.2, 0.25) is 0 Å². The van der Waals surface area contributed by atoms with Gasteiger partial charge in [-0.05, 0) is 31.5 Å². The first kappa shape index (κ1) is 12.3. The van der Waals surface area contributed by atoms with Gasteiger partial charge in [0.15, 0.2) is 0 Å². The number of halogens is 1. The van der Waals surface area contributed by atoms with Crippen molar-refractivity contribution in [2.75, 3.05) is 0 Å². The summed E-state index contributed by atoms with van der Waals surface area (Å²) in [5.74, 6) is -0.358. The van der Waals surface area contributed by atoms with Crippen LogP contribution in [0.2, 0.25) is 0 Å². The van der Waals surface area contributed by atoms with Gasteiger partial charge in [0.25, 0.3) is 0 Å². The zero-order valence-electron chi connectivity index (χ0n) is 9.90. The van der Waals surface area contributed by atoms with Crippen molar-refractivity contribution in [3.05, 3.63) is 57.5 Å². The molecule has 2 aromatic rings. The molecular weight excluding hydrogens is 235 g/mol. The first-order chi connectivity index (χ1) is 8.08. The van der Waals surface area contributed by atoms with E-state index in [0.717, 1.165) is 9.75 Å². The van der Waals surface area contributed by atoms with Crippen LogP contribution in [0.15, 0.2) is 36.4 Å². The molecule has 0 aliphatic heterocycles. The van der Waals surface area contributed by atoms with Gasteiger partial charge in [0, 0.05) is 15.3 Å². The van der Waals surface area contributed by atoms with Crippen LogP contribution in [0.1, 0.15) is 28.7 Å². The lowest BCUT2D eigenvalue weighted by Crippen LogP contribution is -2.26. The van der Waals surface area contributed by atoms with Crippen LogP contribution in [-0.4, -0.2) is 5.11 Å². The number of hydrogen-bond acceptors (Lipinski definition) is 2. The highest BCUT2D eigenvalue weighted by atomic mass is 32.1. The van der Waals surface area contributed by atoms with Gasteiger partial charge < -0.3 is 5.11 Å². The average molecular weight is 250 g/mol. The van der Waals surface area contributed by atoms with Crippen molar-refractivity contribution < 1.29 is 9.50 Å². The van der Waals surface area contributed by atoms with Gasteiger partial charge in [-0.15, -0.1) is 11.3 Å². The van der Waals surface area contributed by atoms with Crippen molar-refractivity contribution in [2.24, 2.45) is 0 Å². The fourth-order valence-corrected chi connectivity index (χ4v) is 2.99. The lowest BCUT2D eigenvalue weighted by molar-refractivity contribution is 0.0764. The summed E-state index contributed by atoms with van der Waals surface area (Å²) >= 11 is 1.51. The standard InChI is InChI=1S/C14H15FOS/c1-3-14(16,13-9-8-10(2)17-13)11-6-4-5-7-12(11)15/h4-9,16H,3H2,1-2H3. The molecule has 0 aliphatic carbocycles. The second-order valence-corrected chi connectivity index (χ2v) is 5.39. The zero-order valence-corrected chi connectivity index (χ0v) is 10.7. The largest absolute Gasteiger partial charge is 0.379 e. The van der Waals surface area contributed by atoms with E-state index in [1.807, 2.05) is 26.0 Å². The number of benzene rings is 1. The third-order valence-corrected chi connectivity index (χ3v) is 4.13. The van der Waals surface area contributed by atoms with Crippen LogP contribution in [0.4, 0.5) is 4.39 Å². The van der Waals surface area contributed by atoms with Crippen LogP contribution in [0.25, 0.3) is 0 Å². The van der Waals surface area contributed by atoms with E-state index in [4.69, 9.17) is 0 Å². The Morgan fingerprint density at radius 1 is 1.24 bits per heavy atom. The van der Waals surface area contributed by atoms with Crippen molar-refractivity contribution in [2.45, 2.75) is 25.9 Å². The van der Waals surface area contributed by atoms with E-state index in [0.29, 0.717) is 12.0 Å². The molecule has 1 nitrogen and oxygen atoms in total. The van der Waals surface area contributed by atoms with Crippen molar-refractivity contribution in [3.8, 4) is 0 Å². The van der Waals surface area contributed by atoms with E-state index in [-0.39, 0.29) is 5.82 Å². The molecule has 0 fully saturated rings. The predicted molar refractivity (Wildman–Crippen MR) is 68.7 cm³/mol. The summed E-state index contributed by atoms with van der Waals surface area (Å²) in [6.07, 6.45) is 0.452. The third-order valence-electron chi connectivity index (χ3n) is 2.98. The van der Waals surface area contributed by atoms with Crippen LogP contribution in [-0.2, 0) is 5.60 Å². The lowest BCUT2D eigenvalue weighted by atomic mass is 9.89. The summed E-state index contributed by atoms with van der Waals surface area (Å²) in [6, 6.07) is 10.2. The monoisotopic (exact) mass is 250 g/mol. The molecule has 90 valence electrons. The fourth-order valence-electron chi connectivity index (χ4n) is 1.95. The molecule has 0 saturated carbocycles. The van der Waals surface area contributed by atoms with E-state index >= 15 is 0 Å². The van der Waals surface area contributed by atoms with Crippen LogP contribution < -0.4 is 0 Å². The van der Waals surface area contributed by atoms with Gasteiger partial charge in [-0.1, -0.05) is 25.1 Å². The second-order valence-electron chi connectivity index (χ2n) is 4.10. The molecule has 0 amide bonds. The minimum absolute atomic E-state index is 0.351. The van der Waals surface area contributed by atoms with Gasteiger partial charge in [-0.2, -0.15) is 0 Å². The molecule has 1 heterocycles. The minimum Gasteiger partial charge on any atom is -0.379 e. The molecule has 0 aliphatic rings. The molecule has 3 heteroatoms. The lowest BCUT2D eigenvalue weighted by Gasteiger charge is -2.26. The molecule has 0 bridgehead atoms. The van der Waals surface area contributed by atoms with Gasteiger partial charge >= 0.3 is 0 Å². The summed E-state index contributed by atoms with van der Waals surface area (Å²) in [5.41, 5.74) is -0.867. The quantitative estimate of drug-likeness (QED) is 0.877. The summed E-state index contributed by atoms with van der Waals surface area (Å²) in [4.78, 5) is 1.91. The number of aliphatic hydroxyl groups is 1. The number of rotatable bonds is 3. The molecule has 0 saturated heterocycles. The SMILES string of the molecule is CCC(O)(c1ccc(C)s1)c1ccccc1F. The van der Waals surface area contributed by atoms with E-state index in [1.165, 1.54) is 17.4 Å². The maximum absolute atomic E-state index is 13.8. The number of thiophene rings is 1. The Hall–Kier alpha value is -1.19. The fraction of sp³-hybridized carbons (Fsp3) is 0.286. The summed E-state index contributed by atoms with van der Waals surface area (Å²) in [5, 5.41) is 10.7.